The Bertz CT molecular complexity index is 742. The van der Waals surface area contributed by atoms with Crippen LogP contribution in [0.1, 0.15) is 33.9 Å². The van der Waals surface area contributed by atoms with Crippen molar-refractivity contribution in [3.8, 4) is 0 Å². The SMILES string of the molecule is COC1CCN(CCNC(=O)c2ccccc2SCc2csc(C)n2)CC1. The van der Waals surface area contributed by atoms with Crippen LogP contribution in [0.15, 0.2) is 34.5 Å². The molecule has 1 aliphatic heterocycles. The third-order valence-corrected chi connectivity index (χ3v) is 6.68. The molecule has 1 N–H and O–H groups in total. The smallest absolute Gasteiger partial charge is 0.252 e. The van der Waals surface area contributed by atoms with E-state index in [2.05, 4.69) is 20.6 Å². The lowest BCUT2D eigenvalue weighted by Crippen LogP contribution is -2.41. The Hall–Kier alpha value is -1.41. The van der Waals surface area contributed by atoms with Crippen molar-refractivity contribution in [3.63, 3.8) is 0 Å². The molecule has 3 rings (SSSR count). The second-order valence-electron chi connectivity index (χ2n) is 6.68. The summed E-state index contributed by atoms with van der Waals surface area (Å²) in [6.45, 7) is 5.64. The summed E-state index contributed by atoms with van der Waals surface area (Å²) in [4.78, 5) is 20.5. The van der Waals surface area contributed by atoms with Gasteiger partial charge in [-0.25, -0.2) is 4.98 Å². The molecule has 7 heteroatoms. The van der Waals surface area contributed by atoms with Gasteiger partial charge in [0, 0.05) is 49.3 Å². The van der Waals surface area contributed by atoms with Gasteiger partial charge < -0.3 is 15.0 Å². The van der Waals surface area contributed by atoms with Crippen molar-refractivity contribution in [2.45, 2.75) is 36.5 Å². The van der Waals surface area contributed by atoms with E-state index in [0.29, 0.717) is 12.6 Å². The van der Waals surface area contributed by atoms with Gasteiger partial charge in [-0.05, 0) is 31.9 Å². The summed E-state index contributed by atoms with van der Waals surface area (Å²) in [5, 5.41) is 6.23. The molecule has 0 atom stereocenters. The highest BCUT2D eigenvalue weighted by atomic mass is 32.2. The summed E-state index contributed by atoms with van der Waals surface area (Å²) in [6.07, 6.45) is 2.53. The number of hydrogen-bond donors (Lipinski definition) is 1. The summed E-state index contributed by atoms with van der Waals surface area (Å²) in [5.74, 6) is 0.780. The molecule has 1 amide bonds. The van der Waals surface area contributed by atoms with E-state index in [0.717, 1.165) is 59.4 Å². The number of amides is 1. The molecule has 1 aliphatic rings. The van der Waals surface area contributed by atoms with Crippen LogP contribution in [0.2, 0.25) is 0 Å². The maximum Gasteiger partial charge on any atom is 0.252 e. The van der Waals surface area contributed by atoms with Crippen LogP contribution >= 0.6 is 23.1 Å². The Morgan fingerprint density at radius 1 is 1.37 bits per heavy atom. The molecule has 1 aromatic heterocycles. The molecule has 1 saturated heterocycles. The number of carbonyl (C=O) groups excluding carboxylic acids is 1. The van der Waals surface area contributed by atoms with Gasteiger partial charge in [-0.3, -0.25) is 4.79 Å². The first-order valence-corrected chi connectivity index (χ1v) is 11.2. The monoisotopic (exact) mass is 405 g/mol. The number of piperidine rings is 1. The molecular formula is C20H27N3O2S2. The minimum absolute atomic E-state index is 0.000615. The van der Waals surface area contributed by atoms with Crippen LogP contribution in [0.4, 0.5) is 0 Å². The number of aromatic nitrogens is 1. The minimum Gasteiger partial charge on any atom is -0.381 e. The summed E-state index contributed by atoms with van der Waals surface area (Å²) in [5.41, 5.74) is 1.81. The maximum atomic E-state index is 12.6. The summed E-state index contributed by atoms with van der Waals surface area (Å²) >= 11 is 3.32. The van der Waals surface area contributed by atoms with Crippen molar-refractivity contribution in [1.29, 1.82) is 0 Å². The number of benzene rings is 1. The average Bonchev–Trinajstić information content (AvgIpc) is 3.12. The number of thioether (sulfide) groups is 1. The lowest BCUT2D eigenvalue weighted by molar-refractivity contribution is 0.0413. The summed E-state index contributed by atoms with van der Waals surface area (Å²) in [7, 11) is 1.78. The lowest BCUT2D eigenvalue weighted by atomic mass is 10.1. The van der Waals surface area contributed by atoms with Crippen molar-refractivity contribution >= 4 is 29.0 Å². The van der Waals surface area contributed by atoms with Gasteiger partial charge in [0.2, 0.25) is 0 Å². The van der Waals surface area contributed by atoms with E-state index in [9.17, 15) is 4.79 Å². The number of rotatable bonds is 8. The first-order valence-electron chi connectivity index (χ1n) is 9.32. The minimum atomic E-state index is -0.000615. The van der Waals surface area contributed by atoms with Gasteiger partial charge in [-0.15, -0.1) is 23.1 Å². The van der Waals surface area contributed by atoms with Gasteiger partial charge in [0.25, 0.3) is 5.91 Å². The third-order valence-electron chi connectivity index (χ3n) is 4.76. The Labute approximate surface area is 169 Å². The number of likely N-dealkylation sites (tertiary alicyclic amines) is 1. The number of thiazole rings is 1. The van der Waals surface area contributed by atoms with Gasteiger partial charge in [0.1, 0.15) is 0 Å². The van der Waals surface area contributed by atoms with E-state index in [-0.39, 0.29) is 5.91 Å². The largest absolute Gasteiger partial charge is 0.381 e. The van der Waals surface area contributed by atoms with Crippen LogP contribution in [-0.4, -0.2) is 55.2 Å². The van der Waals surface area contributed by atoms with E-state index in [1.807, 2.05) is 31.2 Å². The molecule has 0 bridgehead atoms. The Morgan fingerprint density at radius 3 is 2.85 bits per heavy atom. The molecule has 0 spiro atoms. The first kappa shape index (κ1) is 20.3. The number of carbonyl (C=O) groups is 1. The average molecular weight is 406 g/mol. The van der Waals surface area contributed by atoms with Crippen molar-refractivity contribution in [2.24, 2.45) is 0 Å². The second-order valence-corrected chi connectivity index (χ2v) is 8.75. The summed E-state index contributed by atoms with van der Waals surface area (Å²) < 4.78 is 5.41. The van der Waals surface area contributed by atoms with Crippen LogP contribution in [0.5, 0.6) is 0 Å². The standard InChI is InChI=1S/C20H27N3O2S2/c1-15-22-16(13-26-15)14-27-19-6-4-3-5-18(19)20(24)21-9-12-23-10-7-17(25-2)8-11-23/h3-6,13,17H,7-12,14H2,1-2H3,(H,21,24). The molecule has 0 saturated carbocycles. The highest BCUT2D eigenvalue weighted by molar-refractivity contribution is 7.98. The molecule has 0 unspecified atom stereocenters. The van der Waals surface area contributed by atoms with Crippen LogP contribution in [0, 0.1) is 6.92 Å². The first-order chi connectivity index (χ1) is 13.2. The molecule has 146 valence electrons. The van der Waals surface area contributed by atoms with Crippen LogP contribution in [0.25, 0.3) is 0 Å². The second kappa shape index (κ2) is 10.2. The van der Waals surface area contributed by atoms with E-state index in [1.165, 1.54) is 0 Å². The predicted octanol–water partition coefficient (Wildman–Crippen LogP) is 3.58. The van der Waals surface area contributed by atoms with E-state index in [4.69, 9.17) is 4.74 Å². The highest BCUT2D eigenvalue weighted by Gasteiger charge is 2.18. The molecule has 2 aromatic rings. The van der Waals surface area contributed by atoms with Crippen molar-refractivity contribution in [1.82, 2.24) is 15.2 Å². The topological polar surface area (TPSA) is 54.5 Å². The molecule has 1 fully saturated rings. The van der Waals surface area contributed by atoms with Crippen molar-refractivity contribution < 1.29 is 9.53 Å². The van der Waals surface area contributed by atoms with Gasteiger partial charge in [-0.2, -0.15) is 0 Å². The zero-order valence-corrected chi connectivity index (χ0v) is 17.6. The van der Waals surface area contributed by atoms with Crippen LogP contribution in [0.3, 0.4) is 0 Å². The Balaban J connectivity index is 1.48. The number of methoxy groups -OCH3 is 1. The van der Waals surface area contributed by atoms with Crippen molar-refractivity contribution in [2.75, 3.05) is 33.3 Å². The lowest BCUT2D eigenvalue weighted by Gasteiger charge is -2.31. The fourth-order valence-corrected chi connectivity index (χ4v) is 4.86. The zero-order chi connectivity index (χ0) is 19.1. The number of nitrogens with zero attached hydrogens (tertiary/aromatic N) is 2. The maximum absolute atomic E-state index is 12.6. The normalized spacial score (nSPS) is 15.8. The van der Waals surface area contributed by atoms with Gasteiger partial charge >= 0.3 is 0 Å². The number of ether oxygens (including phenoxy) is 1. The fourth-order valence-electron chi connectivity index (χ4n) is 3.20. The molecule has 27 heavy (non-hydrogen) atoms. The van der Waals surface area contributed by atoms with Gasteiger partial charge in [0.05, 0.1) is 22.4 Å². The Morgan fingerprint density at radius 2 is 2.15 bits per heavy atom. The summed E-state index contributed by atoms with van der Waals surface area (Å²) in [6, 6.07) is 7.80. The molecule has 2 heterocycles. The number of nitrogens with one attached hydrogen (secondary N) is 1. The molecule has 0 radical (unpaired) electrons. The van der Waals surface area contributed by atoms with E-state index in [1.54, 1.807) is 30.2 Å². The number of aryl methyl sites for hydroxylation is 1. The van der Waals surface area contributed by atoms with E-state index < -0.39 is 0 Å². The quantitative estimate of drug-likeness (QED) is 0.680. The van der Waals surface area contributed by atoms with Crippen molar-refractivity contribution in [3.05, 3.63) is 45.9 Å². The highest BCUT2D eigenvalue weighted by Crippen LogP contribution is 2.26. The third kappa shape index (κ3) is 6.04. The molecule has 1 aromatic carbocycles. The number of hydrogen-bond acceptors (Lipinski definition) is 6. The molecule has 5 nitrogen and oxygen atoms in total. The van der Waals surface area contributed by atoms with Gasteiger partial charge in [0.15, 0.2) is 0 Å². The Kier molecular flexibility index (Phi) is 7.70. The van der Waals surface area contributed by atoms with Gasteiger partial charge in [-0.1, -0.05) is 12.1 Å². The molecular weight excluding hydrogens is 378 g/mol. The fraction of sp³-hybridized carbons (Fsp3) is 0.500. The van der Waals surface area contributed by atoms with Crippen LogP contribution in [-0.2, 0) is 10.5 Å². The van der Waals surface area contributed by atoms with E-state index >= 15 is 0 Å². The zero-order valence-electron chi connectivity index (χ0n) is 15.9. The molecule has 0 aliphatic carbocycles. The van der Waals surface area contributed by atoms with Crippen LogP contribution < -0.4 is 5.32 Å². The predicted molar refractivity (Wildman–Crippen MR) is 112 cm³/mol.